The van der Waals surface area contributed by atoms with Crippen molar-refractivity contribution in [3.63, 3.8) is 0 Å². The number of halogens is 1. The summed E-state index contributed by atoms with van der Waals surface area (Å²) in [6.45, 7) is 5.04. The molecule has 0 bridgehead atoms. The fourth-order valence-electron chi connectivity index (χ4n) is 2.99. The van der Waals surface area contributed by atoms with Crippen molar-refractivity contribution in [2.75, 3.05) is 7.11 Å². The minimum absolute atomic E-state index is 0.0552. The number of amides is 4. The topological polar surface area (TPSA) is 157 Å². The molecule has 0 heterocycles. The highest BCUT2D eigenvalue weighted by Crippen LogP contribution is 2.10. The molecule has 5 N–H and O–H groups in total. The molecule has 0 radical (unpaired) electrons. The molecule has 10 nitrogen and oxygen atoms in total. The monoisotopic (exact) mass is 492 g/mol. The van der Waals surface area contributed by atoms with Gasteiger partial charge in [0.15, 0.2) is 0 Å². The molecule has 0 aliphatic rings. The van der Waals surface area contributed by atoms with Crippen LogP contribution in [0, 0.1) is 11.7 Å². The average Bonchev–Trinajstić information content (AvgIpc) is 2.83. The van der Waals surface area contributed by atoms with Gasteiger partial charge in [-0.15, -0.1) is 0 Å². The summed E-state index contributed by atoms with van der Waals surface area (Å²) in [6.07, 6.45) is 3.08. The van der Waals surface area contributed by atoms with E-state index < -0.39 is 53.5 Å². The van der Waals surface area contributed by atoms with Gasteiger partial charge in [-0.3, -0.25) is 19.2 Å². The van der Waals surface area contributed by atoms with Crippen LogP contribution in [-0.4, -0.2) is 54.8 Å². The highest BCUT2D eigenvalue weighted by atomic mass is 19.1. The van der Waals surface area contributed by atoms with Gasteiger partial charge in [0.25, 0.3) is 0 Å². The van der Waals surface area contributed by atoms with Gasteiger partial charge in [-0.1, -0.05) is 32.4 Å². The van der Waals surface area contributed by atoms with Crippen molar-refractivity contribution >= 4 is 35.7 Å². The highest BCUT2D eigenvalue weighted by Gasteiger charge is 2.29. The van der Waals surface area contributed by atoms with E-state index >= 15 is 0 Å². The summed E-state index contributed by atoms with van der Waals surface area (Å²) >= 11 is 0. The normalized spacial score (nSPS) is 14.3. The van der Waals surface area contributed by atoms with Gasteiger partial charge in [-0.05, 0) is 43.0 Å². The molecular formula is C24H33FN4O6. The zero-order chi connectivity index (χ0) is 26.5. The Hall–Kier alpha value is -3.76. The first-order valence-electron chi connectivity index (χ1n) is 11.2. The van der Waals surface area contributed by atoms with Crippen molar-refractivity contribution in [3.05, 3.63) is 41.7 Å². The molecule has 1 aromatic rings. The van der Waals surface area contributed by atoms with Crippen LogP contribution in [-0.2, 0) is 28.7 Å². The molecule has 0 saturated carbocycles. The smallest absolute Gasteiger partial charge is 0.328 e. The van der Waals surface area contributed by atoms with E-state index in [9.17, 15) is 28.4 Å². The number of nitrogens with one attached hydrogen (secondary N) is 3. The van der Waals surface area contributed by atoms with Crippen LogP contribution >= 0.6 is 0 Å². The third-order valence-corrected chi connectivity index (χ3v) is 5.32. The Bertz CT molecular complexity index is 934. The third-order valence-electron chi connectivity index (χ3n) is 5.32. The predicted octanol–water partition coefficient (Wildman–Crippen LogP) is 0.798. The fourth-order valence-corrected chi connectivity index (χ4v) is 2.99. The standard InChI is InChI=1S/C24H33FN4O6/c1-5-14(2)21(29-20(31)13-8-16-6-9-17(25)10-7-16)23(33)27-15(3)22(32)28-18(24(34)35-4)11-12-19(26)30/h6-10,13-15,18,21H,5,11-12H2,1-4H3,(H2,26,30)(H,27,33)(H,28,32)(H,29,31)/b13-8+/t14-,15-,18-,21-/m0/s1. The summed E-state index contributed by atoms with van der Waals surface area (Å²) in [4.78, 5) is 60.7. The third kappa shape index (κ3) is 10.4. The lowest BCUT2D eigenvalue weighted by molar-refractivity contribution is -0.145. The molecule has 4 amide bonds. The van der Waals surface area contributed by atoms with Crippen molar-refractivity contribution in [1.29, 1.82) is 0 Å². The maximum atomic E-state index is 13.0. The van der Waals surface area contributed by atoms with Crippen molar-refractivity contribution in [1.82, 2.24) is 16.0 Å². The zero-order valence-corrected chi connectivity index (χ0v) is 20.3. The van der Waals surface area contributed by atoms with Crippen molar-refractivity contribution in [3.8, 4) is 0 Å². The van der Waals surface area contributed by atoms with Gasteiger partial charge in [-0.25, -0.2) is 9.18 Å². The second-order valence-corrected chi connectivity index (χ2v) is 8.08. The second-order valence-electron chi connectivity index (χ2n) is 8.08. The van der Waals surface area contributed by atoms with Crippen molar-refractivity contribution < 1.29 is 33.1 Å². The number of nitrogens with two attached hydrogens (primary N) is 1. The lowest BCUT2D eigenvalue weighted by Gasteiger charge is -2.25. The largest absolute Gasteiger partial charge is 0.467 e. The Morgan fingerprint density at radius 2 is 1.66 bits per heavy atom. The highest BCUT2D eigenvalue weighted by molar-refractivity contribution is 5.97. The first kappa shape index (κ1) is 29.3. The molecule has 1 rings (SSSR count). The molecule has 1 aromatic carbocycles. The Kier molecular flexibility index (Phi) is 12.1. The van der Waals surface area contributed by atoms with Crippen LogP contribution in [0.2, 0.25) is 0 Å². The molecule has 0 fully saturated rings. The number of primary amides is 1. The van der Waals surface area contributed by atoms with Gasteiger partial charge >= 0.3 is 5.97 Å². The maximum Gasteiger partial charge on any atom is 0.328 e. The van der Waals surface area contributed by atoms with Crippen molar-refractivity contribution in [2.45, 2.75) is 58.2 Å². The molecular weight excluding hydrogens is 459 g/mol. The number of benzene rings is 1. The second kappa shape index (κ2) is 14.5. The molecule has 4 atom stereocenters. The van der Waals surface area contributed by atoms with E-state index in [4.69, 9.17) is 5.73 Å². The zero-order valence-electron chi connectivity index (χ0n) is 20.3. The van der Waals surface area contributed by atoms with Crippen LogP contribution in [0.5, 0.6) is 0 Å². The van der Waals surface area contributed by atoms with E-state index in [1.54, 1.807) is 6.92 Å². The Morgan fingerprint density at radius 3 is 2.20 bits per heavy atom. The molecule has 0 aliphatic carbocycles. The van der Waals surface area contributed by atoms with Gasteiger partial charge < -0.3 is 26.4 Å². The Labute approximate surface area is 203 Å². The van der Waals surface area contributed by atoms with E-state index in [1.165, 1.54) is 43.3 Å². The molecule has 0 aliphatic heterocycles. The molecule has 0 spiro atoms. The van der Waals surface area contributed by atoms with Gasteiger partial charge in [-0.2, -0.15) is 0 Å². The number of hydrogen-bond donors (Lipinski definition) is 4. The molecule has 0 aromatic heterocycles. The lowest BCUT2D eigenvalue weighted by Crippen LogP contribution is -2.56. The first-order valence-corrected chi connectivity index (χ1v) is 11.2. The van der Waals surface area contributed by atoms with Crippen LogP contribution in [0.4, 0.5) is 4.39 Å². The van der Waals surface area contributed by atoms with E-state index in [1.807, 2.05) is 6.92 Å². The van der Waals surface area contributed by atoms with Gasteiger partial charge in [0.1, 0.15) is 23.9 Å². The summed E-state index contributed by atoms with van der Waals surface area (Å²) < 4.78 is 17.6. The number of ether oxygens (including phenoxy) is 1. The number of carbonyl (C=O) groups excluding carboxylic acids is 5. The Balaban J connectivity index is 2.81. The van der Waals surface area contributed by atoms with Crippen LogP contribution < -0.4 is 21.7 Å². The van der Waals surface area contributed by atoms with Crippen LogP contribution in [0.1, 0.15) is 45.6 Å². The van der Waals surface area contributed by atoms with E-state index in [0.29, 0.717) is 12.0 Å². The number of hydrogen-bond acceptors (Lipinski definition) is 6. The van der Waals surface area contributed by atoms with Crippen molar-refractivity contribution in [2.24, 2.45) is 11.7 Å². The molecule has 0 saturated heterocycles. The quantitative estimate of drug-likeness (QED) is 0.236. The SMILES string of the molecule is CC[C@H](C)[C@H](NC(=O)/C=C/c1ccc(F)cc1)C(=O)N[C@@H](C)C(=O)N[C@@H](CCC(N)=O)C(=O)OC. The maximum absolute atomic E-state index is 13.0. The van der Waals surface area contributed by atoms with E-state index in [-0.39, 0.29) is 18.8 Å². The number of carbonyl (C=O) groups is 5. The van der Waals surface area contributed by atoms with E-state index in [2.05, 4.69) is 20.7 Å². The minimum atomic E-state index is -1.11. The van der Waals surface area contributed by atoms with Gasteiger partial charge in [0, 0.05) is 12.5 Å². The van der Waals surface area contributed by atoms with E-state index in [0.717, 1.165) is 7.11 Å². The summed E-state index contributed by atoms with van der Waals surface area (Å²) in [7, 11) is 1.14. The van der Waals surface area contributed by atoms with Crippen LogP contribution in [0.25, 0.3) is 6.08 Å². The first-order chi connectivity index (χ1) is 16.5. The average molecular weight is 493 g/mol. The summed E-state index contributed by atoms with van der Waals surface area (Å²) in [5.41, 5.74) is 5.70. The predicted molar refractivity (Wildman–Crippen MR) is 127 cm³/mol. The minimum Gasteiger partial charge on any atom is -0.467 e. The molecule has 192 valence electrons. The summed E-state index contributed by atoms with van der Waals surface area (Å²) in [5.74, 6) is -3.85. The molecule has 0 unspecified atom stereocenters. The van der Waals surface area contributed by atoms with Gasteiger partial charge in [0.05, 0.1) is 7.11 Å². The van der Waals surface area contributed by atoms with Crippen LogP contribution in [0.3, 0.4) is 0 Å². The number of methoxy groups -OCH3 is 1. The number of esters is 1. The van der Waals surface area contributed by atoms with Gasteiger partial charge in [0.2, 0.25) is 23.6 Å². The number of rotatable bonds is 13. The Morgan fingerprint density at radius 1 is 1.03 bits per heavy atom. The fraction of sp³-hybridized carbons (Fsp3) is 0.458. The summed E-state index contributed by atoms with van der Waals surface area (Å²) in [6, 6.07) is 2.43. The molecule has 35 heavy (non-hydrogen) atoms. The van der Waals surface area contributed by atoms with Crippen LogP contribution in [0.15, 0.2) is 30.3 Å². The summed E-state index contributed by atoms with van der Waals surface area (Å²) in [5, 5.41) is 7.59. The lowest BCUT2D eigenvalue weighted by atomic mass is 9.98. The molecule has 11 heteroatoms.